The average molecular weight is 333 g/mol. The monoisotopic (exact) mass is 333 g/mol. The molecule has 3 rings (SSSR count). The molecule has 134 valence electrons. The number of carbonyl (C=O) groups excluding carboxylic acids is 1. The molecule has 1 aliphatic carbocycles. The van der Waals surface area contributed by atoms with Crippen LogP contribution in [0.4, 0.5) is 0 Å². The van der Waals surface area contributed by atoms with Crippen LogP contribution in [0.1, 0.15) is 45.6 Å². The van der Waals surface area contributed by atoms with Crippen LogP contribution in [-0.2, 0) is 10.2 Å². The Morgan fingerprint density at radius 3 is 2.42 bits per heavy atom. The molecule has 2 unspecified atom stereocenters. The summed E-state index contributed by atoms with van der Waals surface area (Å²) in [5.74, 6) is 2.02. The number of likely N-dealkylation sites (N-methyl/N-ethyl adjacent to an activating group) is 1. The molecular weight excluding hydrogens is 302 g/mol. The number of carbonyl (C=O) groups is 1. The van der Waals surface area contributed by atoms with E-state index in [1.807, 2.05) is 19.9 Å². The Hall–Kier alpha value is -1.55. The van der Waals surface area contributed by atoms with Gasteiger partial charge in [0.15, 0.2) is 11.5 Å². The lowest BCUT2D eigenvalue weighted by Crippen LogP contribution is -2.51. The van der Waals surface area contributed by atoms with E-state index in [-0.39, 0.29) is 17.4 Å². The molecule has 0 spiro atoms. The van der Waals surface area contributed by atoms with E-state index >= 15 is 0 Å². The highest BCUT2D eigenvalue weighted by atomic mass is 16.5. The van der Waals surface area contributed by atoms with Crippen LogP contribution >= 0.6 is 0 Å². The molecule has 24 heavy (non-hydrogen) atoms. The summed E-state index contributed by atoms with van der Waals surface area (Å²) in [6.45, 7) is 7.13. The van der Waals surface area contributed by atoms with Crippen molar-refractivity contribution in [1.82, 2.24) is 4.90 Å². The van der Waals surface area contributed by atoms with Crippen LogP contribution in [0, 0.1) is 5.92 Å². The van der Waals surface area contributed by atoms with Gasteiger partial charge in [-0.2, -0.15) is 0 Å². The summed E-state index contributed by atoms with van der Waals surface area (Å²) in [5, 5.41) is 0. The smallest absolute Gasteiger partial charge is 0.161 e. The molecule has 4 heteroatoms. The predicted octanol–water partition coefficient (Wildman–Crippen LogP) is 3.67. The van der Waals surface area contributed by atoms with Gasteiger partial charge in [0.25, 0.3) is 0 Å². The molecule has 2 aliphatic rings. The van der Waals surface area contributed by atoms with Crippen molar-refractivity contribution < 1.29 is 14.3 Å². The number of methoxy groups -OCH3 is 2. The lowest BCUT2D eigenvalue weighted by molar-refractivity contribution is -0.127. The standard InChI is InChI=1S/C18H25NO3.C2H6/c1-12-14(20)7-8-18(9-10-19(2)17(12)18)13-5-6-15(21-3)16(11-13)22-4;1-2/h5-6,11-12,17H,7-10H2,1-4H3;1-2H3/t12?,17?,18-;/m0./s1. The first-order valence-electron chi connectivity index (χ1n) is 8.99. The Balaban J connectivity index is 0.00000100. The SMILES string of the molecule is CC.COc1ccc([C@@]23CCC(=O)C(C)C2N(C)CC3)cc1OC. The van der Waals surface area contributed by atoms with Crippen LogP contribution in [0.15, 0.2) is 18.2 Å². The second kappa shape index (κ2) is 7.56. The fourth-order valence-electron chi connectivity index (χ4n) is 4.57. The summed E-state index contributed by atoms with van der Waals surface area (Å²) in [6.07, 6.45) is 2.71. The minimum atomic E-state index is 0.0572. The van der Waals surface area contributed by atoms with E-state index in [1.54, 1.807) is 14.2 Å². The molecule has 1 saturated carbocycles. The number of ether oxygens (including phenoxy) is 2. The Labute approximate surface area is 146 Å². The quantitative estimate of drug-likeness (QED) is 0.846. The second-order valence-corrected chi connectivity index (χ2v) is 6.66. The zero-order chi connectivity index (χ0) is 17.9. The molecule has 1 aromatic rings. The average Bonchev–Trinajstić information content (AvgIpc) is 2.98. The fraction of sp³-hybridized carbons (Fsp3) is 0.650. The molecule has 2 fully saturated rings. The van der Waals surface area contributed by atoms with Gasteiger partial charge in [-0.05, 0) is 44.1 Å². The molecule has 4 nitrogen and oxygen atoms in total. The largest absolute Gasteiger partial charge is 0.493 e. The van der Waals surface area contributed by atoms with E-state index in [1.165, 1.54) is 5.56 Å². The topological polar surface area (TPSA) is 38.8 Å². The molecule has 1 heterocycles. The van der Waals surface area contributed by atoms with Crippen LogP contribution < -0.4 is 9.47 Å². The van der Waals surface area contributed by atoms with Crippen molar-refractivity contribution in [2.45, 2.75) is 51.5 Å². The normalized spacial score (nSPS) is 29.5. The number of ketones is 1. The minimum Gasteiger partial charge on any atom is -0.493 e. The summed E-state index contributed by atoms with van der Waals surface area (Å²) in [5.41, 5.74) is 1.33. The van der Waals surface area contributed by atoms with Crippen LogP contribution in [0.5, 0.6) is 11.5 Å². The van der Waals surface area contributed by atoms with Gasteiger partial charge in [0.1, 0.15) is 5.78 Å². The van der Waals surface area contributed by atoms with Crippen LogP contribution in [0.3, 0.4) is 0 Å². The number of likely N-dealkylation sites (tertiary alicyclic amines) is 1. The Bertz CT molecular complexity index is 586. The van der Waals surface area contributed by atoms with E-state index in [4.69, 9.17) is 9.47 Å². The number of fused-ring (bicyclic) bond motifs is 1. The van der Waals surface area contributed by atoms with E-state index in [2.05, 4.69) is 31.0 Å². The van der Waals surface area contributed by atoms with Gasteiger partial charge in [0, 0.05) is 23.8 Å². The van der Waals surface area contributed by atoms with Gasteiger partial charge in [-0.15, -0.1) is 0 Å². The van der Waals surface area contributed by atoms with Crippen molar-refractivity contribution >= 4 is 5.78 Å². The summed E-state index contributed by atoms with van der Waals surface area (Å²) in [4.78, 5) is 14.6. The van der Waals surface area contributed by atoms with Crippen molar-refractivity contribution in [3.05, 3.63) is 23.8 Å². The maximum Gasteiger partial charge on any atom is 0.161 e. The maximum atomic E-state index is 12.2. The number of benzene rings is 1. The molecular formula is C20H31NO3. The van der Waals surface area contributed by atoms with Gasteiger partial charge in [-0.3, -0.25) is 4.79 Å². The molecule has 0 amide bonds. The second-order valence-electron chi connectivity index (χ2n) is 6.66. The van der Waals surface area contributed by atoms with E-state index in [0.29, 0.717) is 12.2 Å². The van der Waals surface area contributed by atoms with Crippen LogP contribution in [0.2, 0.25) is 0 Å². The fourth-order valence-corrected chi connectivity index (χ4v) is 4.57. The van der Waals surface area contributed by atoms with Crippen molar-refractivity contribution in [3.8, 4) is 11.5 Å². The first kappa shape index (κ1) is 18.8. The number of hydrogen-bond acceptors (Lipinski definition) is 4. The Kier molecular flexibility index (Phi) is 5.92. The molecule has 0 N–H and O–H groups in total. The van der Waals surface area contributed by atoms with Crippen LogP contribution in [0.25, 0.3) is 0 Å². The molecule has 1 aliphatic heterocycles. The molecule has 0 bridgehead atoms. The van der Waals surface area contributed by atoms with Crippen molar-refractivity contribution in [2.24, 2.45) is 5.92 Å². The van der Waals surface area contributed by atoms with Gasteiger partial charge >= 0.3 is 0 Å². The predicted molar refractivity (Wildman–Crippen MR) is 97.0 cm³/mol. The summed E-state index contributed by atoms with van der Waals surface area (Å²) < 4.78 is 10.8. The summed E-state index contributed by atoms with van der Waals surface area (Å²) >= 11 is 0. The first-order chi connectivity index (χ1) is 11.5. The number of hydrogen-bond donors (Lipinski definition) is 0. The van der Waals surface area contributed by atoms with Gasteiger partial charge < -0.3 is 14.4 Å². The Morgan fingerprint density at radius 2 is 1.79 bits per heavy atom. The number of Topliss-reactive ketones (excluding diaryl/α,β-unsaturated/α-hetero) is 1. The first-order valence-corrected chi connectivity index (χ1v) is 8.99. The molecule has 1 aromatic carbocycles. The Morgan fingerprint density at radius 1 is 1.12 bits per heavy atom. The highest BCUT2D eigenvalue weighted by Gasteiger charge is 2.53. The summed E-state index contributed by atoms with van der Waals surface area (Å²) in [7, 11) is 5.47. The lowest BCUT2D eigenvalue weighted by atomic mass is 9.62. The van der Waals surface area contributed by atoms with Gasteiger partial charge in [0.05, 0.1) is 14.2 Å². The minimum absolute atomic E-state index is 0.0572. The van der Waals surface area contributed by atoms with Crippen molar-refractivity contribution in [1.29, 1.82) is 0 Å². The van der Waals surface area contributed by atoms with Gasteiger partial charge in [-0.25, -0.2) is 0 Å². The van der Waals surface area contributed by atoms with Gasteiger partial charge in [0.2, 0.25) is 0 Å². The lowest BCUT2D eigenvalue weighted by Gasteiger charge is -2.44. The number of nitrogens with zero attached hydrogens (tertiary/aromatic N) is 1. The highest BCUT2D eigenvalue weighted by molar-refractivity contribution is 5.83. The third kappa shape index (κ3) is 2.92. The van der Waals surface area contributed by atoms with E-state index in [9.17, 15) is 4.79 Å². The van der Waals surface area contributed by atoms with Crippen molar-refractivity contribution in [3.63, 3.8) is 0 Å². The van der Waals surface area contributed by atoms with Crippen LogP contribution in [-0.4, -0.2) is 44.5 Å². The maximum absolute atomic E-state index is 12.2. The molecule has 1 saturated heterocycles. The highest BCUT2D eigenvalue weighted by Crippen LogP contribution is 2.50. The zero-order valence-electron chi connectivity index (χ0n) is 15.9. The molecule has 0 aromatic heterocycles. The van der Waals surface area contributed by atoms with E-state index in [0.717, 1.165) is 30.9 Å². The zero-order valence-corrected chi connectivity index (χ0v) is 15.9. The van der Waals surface area contributed by atoms with Gasteiger partial charge in [-0.1, -0.05) is 26.8 Å². The van der Waals surface area contributed by atoms with E-state index < -0.39 is 0 Å². The molecule has 3 atom stereocenters. The summed E-state index contributed by atoms with van der Waals surface area (Å²) in [6, 6.07) is 6.52. The molecule has 0 radical (unpaired) electrons. The third-order valence-electron chi connectivity index (χ3n) is 5.71. The third-order valence-corrected chi connectivity index (χ3v) is 5.71. The number of rotatable bonds is 3. The van der Waals surface area contributed by atoms with Crippen molar-refractivity contribution in [2.75, 3.05) is 27.8 Å².